The van der Waals surface area contributed by atoms with Gasteiger partial charge in [0.25, 0.3) is 0 Å². The van der Waals surface area contributed by atoms with Gasteiger partial charge < -0.3 is 10.6 Å². The van der Waals surface area contributed by atoms with E-state index in [-0.39, 0.29) is 5.91 Å². The highest BCUT2D eigenvalue weighted by Gasteiger charge is 2.20. The number of carbonyl (C=O) groups excluding carboxylic acids is 1. The minimum atomic E-state index is 0.188. The van der Waals surface area contributed by atoms with Crippen molar-refractivity contribution in [1.82, 2.24) is 15.5 Å². The molecule has 0 aliphatic carbocycles. The van der Waals surface area contributed by atoms with Crippen molar-refractivity contribution in [3.8, 4) is 0 Å². The predicted molar refractivity (Wildman–Crippen MR) is 55.0 cm³/mol. The summed E-state index contributed by atoms with van der Waals surface area (Å²) in [5.41, 5.74) is 0. The van der Waals surface area contributed by atoms with E-state index >= 15 is 0 Å². The monoisotopic (exact) mass is 197 g/mol. The molecule has 2 N–H and O–H groups in total. The van der Waals surface area contributed by atoms with Crippen LogP contribution in [-0.4, -0.2) is 50.1 Å². The lowest BCUT2D eigenvalue weighted by Gasteiger charge is -2.21. The average Bonchev–Trinajstić information content (AvgIpc) is 2.56. The lowest BCUT2D eigenvalue weighted by atomic mass is 10.1. The Bertz CT molecular complexity index is 202. The van der Waals surface area contributed by atoms with Crippen LogP contribution in [-0.2, 0) is 4.79 Å². The molecule has 0 aromatic rings. The predicted octanol–water partition coefficient (Wildman–Crippen LogP) is -0.582. The van der Waals surface area contributed by atoms with Crippen LogP contribution < -0.4 is 10.6 Å². The van der Waals surface area contributed by atoms with Crippen LogP contribution in [0.15, 0.2) is 0 Å². The van der Waals surface area contributed by atoms with Crippen molar-refractivity contribution < 1.29 is 4.79 Å². The van der Waals surface area contributed by atoms with Crippen LogP contribution in [0.2, 0.25) is 0 Å². The molecule has 0 spiro atoms. The molecule has 0 aromatic heterocycles. The Morgan fingerprint density at radius 1 is 1.43 bits per heavy atom. The first kappa shape index (κ1) is 9.93. The molecule has 0 radical (unpaired) electrons. The van der Waals surface area contributed by atoms with E-state index in [1.165, 1.54) is 6.42 Å². The van der Waals surface area contributed by atoms with Crippen LogP contribution in [0, 0.1) is 5.92 Å². The largest absolute Gasteiger partial charge is 0.355 e. The summed E-state index contributed by atoms with van der Waals surface area (Å²) in [6.45, 7) is 5.85. The third-order valence-corrected chi connectivity index (χ3v) is 3.02. The van der Waals surface area contributed by atoms with Crippen molar-refractivity contribution in [2.24, 2.45) is 5.92 Å². The molecule has 0 saturated carbocycles. The first-order valence-corrected chi connectivity index (χ1v) is 5.54. The van der Waals surface area contributed by atoms with E-state index in [4.69, 9.17) is 0 Å². The van der Waals surface area contributed by atoms with E-state index in [2.05, 4.69) is 15.5 Å². The summed E-state index contributed by atoms with van der Waals surface area (Å²) >= 11 is 0. The third-order valence-electron chi connectivity index (χ3n) is 3.02. The Labute approximate surface area is 85.0 Å². The van der Waals surface area contributed by atoms with Gasteiger partial charge >= 0.3 is 0 Å². The van der Waals surface area contributed by atoms with Gasteiger partial charge in [-0.2, -0.15) is 0 Å². The Kier molecular flexibility index (Phi) is 3.37. The molecule has 2 fully saturated rings. The van der Waals surface area contributed by atoms with E-state index < -0.39 is 0 Å². The molecule has 2 saturated heterocycles. The summed E-state index contributed by atoms with van der Waals surface area (Å²) in [6.07, 6.45) is 2.35. The zero-order valence-corrected chi connectivity index (χ0v) is 8.59. The fraction of sp³-hybridized carbons (Fsp3) is 0.900. The normalized spacial score (nSPS) is 30.0. The molecule has 4 heteroatoms. The van der Waals surface area contributed by atoms with Gasteiger partial charge in [0.05, 0.1) is 6.54 Å². The number of rotatable bonds is 2. The number of carbonyl (C=O) groups is 1. The smallest absolute Gasteiger partial charge is 0.234 e. The minimum Gasteiger partial charge on any atom is -0.355 e. The fourth-order valence-corrected chi connectivity index (χ4v) is 2.26. The molecule has 2 aliphatic heterocycles. The lowest BCUT2D eigenvalue weighted by Crippen LogP contribution is -2.36. The highest BCUT2D eigenvalue weighted by molar-refractivity contribution is 5.78. The standard InChI is InChI=1S/C10H19N3O/c14-10-8-13(5-1-3-12-10)7-9-2-4-11-6-9/h9,11H,1-8H2,(H,12,14). The molecular weight excluding hydrogens is 178 g/mol. The second-order valence-electron chi connectivity index (χ2n) is 4.30. The fourth-order valence-electron chi connectivity index (χ4n) is 2.26. The second-order valence-corrected chi connectivity index (χ2v) is 4.30. The van der Waals surface area contributed by atoms with Gasteiger partial charge in [0.15, 0.2) is 0 Å². The Hall–Kier alpha value is -0.610. The molecule has 0 bridgehead atoms. The van der Waals surface area contributed by atoms with Gasteiger partial charge in [0, 0.05) is 19.6 Å². The summed E-state index contributed by atoms with van der Waals surface area (Å²) in [5, 5.41) is 6.26. The van der Waals surface area contributed by atoms with Crippen LogP contribution >= 0.6 is 0 Å². The van der Waals surface area contributed by atoms with Gasteiger partial charge in [0.2, 0.25) is 5.91 Å². The Morgan fingerprint density at radius 3 is 3.14 bits per heavy atom. The number of hydrogen-bond acceptors (Lipinski definition) is 3. The second kappa shape index (κ2) is 4.75. The molecule has 2 aliphatic rings. The van der Waals surface area contributed by atoms with Gasteiger partial charge in [0.1, 0.15) is 0 Å². The quantitative estimate of drug-likeness (QED) is 0.622. The topological polar surface area (TPSA) is 44.4 Å². The van der Waals surface area contributed by atoms with Gasteiger partial charge in [-0.3, -0.25) is 9.69 Å². The van der Waals surface area contributed by atoms with E-state index in [1.54, 1.807) is 0 Å². The van der Waals surface area contributed by atoms with Crippen molar-refractivity contribution in [3.05, 3.63) is 0 Å². The highest BCUT2D eigenvalue weighted by Crippen LogP contribution is 2.10. The molecule has 80 valence electrons. The summed E-state index contributed by atoms with van der Waals surface area (Å²) in [6, 6.07) is 0. The van der Waals surface area contributed by atoms with Gasteiger partial charge in [-0.05, 0) is 31.8 Å². The zero-order valence-electron chi connectivity index (χ0n) is 8.59. The number of hydrogen-bond donors (Lipinski definition) is 2. The van der Waals surface area contributed by atoms with Crippen LogP contribution in [0.5, 0.6) is 0 Å². The van der Waals surface area contributed by atoms with Gasteiger partial charge in [-0.25, -0.2) is 0 Å². The lowest BCUT2D eigenvalue weighted by molar-refractivity contribution is -0.121. The summed E-state index contributed by atoms with van der Waals surface area (Å²) < 4.78 is 0. The first-order valence-electron chi connectivity index (χ1n) is 5.54. The summed E-state index contributed by atoms with van der Waals surface area (Å²) in [5.74, 6) is 0.939. The minimum absolute atomic E-state index is 0.188. The molecule has 0 aromatic carbocycles. The summed E-state index contributed by atoms with van der Waals surface area (Å²) in [4.78, 5) is 13.6. The highest BCUT2D eigenvalue weighted by atomic mass is 16.2. The van der Waals surface area contributed by atoms with E-state index in [0.717, 1.165) is 45.1 Å². The number of nitrogens with one attached hydrogen (secondary N) is 2. The van der Waals surface area contributed by atoms with Gasteiger partial charge in [-0.15, -0.1) is 0 Å². The maximum Gasteiger partial charge on any atom is 0.234 e. The Balaban J connectivity index is 1.79. The first-order chi connectivity index (χ1) is 6.84. The molecule has 14 heavy (non-hydrogen) atoms. The molecule has 4 nitrogen and oxygen atoms in total. The summed E-state index contributed by atoms with van der Waals surface area (Å²) in [7, 11) is 0. The van der Waals surface area contributed by atoms with E-state index in [1.807, 2.05) is 0 Å². The molecule has 1 unspecified atom stereocenters. The van der Waals surface area contributed by atoms with Crippen molar-refractivity contribution in [2.45, 2.75) is 12.8 Å². The SMILES string of the molecule is O=C1CN(CC2CCNC2)CCCN1. The van der Waals surface area contributed by atoms with Crippen molar-refractivity contribution >= 4 is 5.91 Å². The van der Waals surface area contributed by atoms with Gasteiger partial charge in [-0.1, -0.05) is 0 Å². The van der Waals surface area contributed by atoms with Crippen molar-refractivity contribution in [1.29, 1.82) is 0 Å². The van der Waals surface area contributed by atoms with Crippen LogP contribution in [0.1, 0.15) is 12.8 Å². The van der Waals surface area contributed by atoms with Crippen LogP contribution in [0.3, 0.4) is 0 Å². The van der Waals surface area contributed by atoms with Crippen LogP contribution in [0.25, 0.3) is 0 Å². The molecule has 1 atom stereocenters. The third kappa shape index (κ3) is 2.69. The molecule has 2 heterocycles. The maximum absolute atomic E-state index is 11.3. The van der Waals surface area contributed by atoms with Crippen molar-refractivity contribution in [3.63, 3.8) is 0 Å². The molecular formula is C10H19N3O. The maximum atomic E-state index is 11.3. The average molecular weight is 197 g/mol. The molecule has 1 amide bonds. The van der Waals surface area contributed by atoms with E-state index in [9.17, 15) is 4.79 Å². The zero-order chi connectivity index (χ0) is 9.80. The number of nitrogens with zero attached hydrogens (tertiary/aromatic N) is 1. The molecule has 2 rings (SSSR count). The number of amides is 1. The van der Waals surface area contributed by atoms with Crippen LogP contribution in [0.4, 0.5) is 0 Å². The van der Waals surface area contributed by atoms with Crippen molar-refractivity contribution in [2.75, 3.05) is 39.3 Å². The Morgan fingerprint density at radius 2 is 2.36 bits per heavy atom. The van der Waals surface area contributed by atoms with E-state index in [0.29, 0.717) is 6.54 Å².